The van der Waals surface area contributed by atoms with E-state index in [9.17, 15) is 9.18 Å². The van der Waals surface area contributed by atoms with Crippen molar-refractivity contribution in [2.45, 2.75) is 32.7 Å². The summed E-state index contributed by atoms with van der Waals surface area (Å²) >= 11 is 0. The number of aryl methyl sites for hydroxylation is 1. The summed E-state index contributed by atoms with van der Waals surface area (Å²) in [6.45, 7) is 3.62. The first kappa shape index (κ1) is 11.9. The van der Waals surface area contributed by atoms with Gasteiger partial charge in [-0.05, 0) is 44.0 Å². The normalized spacial score (nSPS) is 12.5. The molecule has 0 aliphatic carbocycles. The summed E-state index contributed by atoms with van der Waals surface area (Å²) in [6.07, 6.45) is 1.01. The summed E-state index contributed by atoms with van der Waals surface area (Å²) in [7, 11) is 0. The minimum Gasteiger partial charge on any atom is -0.328 e. The molecule has 0 spiro atoms. The van der Waals surface area contributed by atoms with E-state index in [1.807, 2.05) is 6.92 Å². The maximum Gasteiger partial charge on any atom is 0.163 e. The number of Topliss-reactive ketones (excluding diaryl/α,β-unsaturated/α-hetero) is 1. The van der Waals surface area contributed by atoms with Gasteiger partial charge >= 0.3 is 0 Å². The summed E-state index contributed by atoms with van der Waals surface area (Å²) in [6, 6.07) is 4.38. The number of halogens is 1. The summed E-state index contributed by atoms with van der Waals surface area (Å²) in [5, 5.41) is 0. The van der Waals surface area contributed by atoms with Crippen molar-refractivity contribution in [2.24, 2.45) is 5.73 Å². The van der Waals surface area contributed by atoms with Gasteiger partial charge in [0.05, 0.1) is 0 Å². The van der Waals surface area contributed by atoms with Crippen LogP contribution in [0.5, 0.6) is 0 Å². The Labute approximate surface area is 89.3 Å². The zero-order valence-electron chi connectivity index (χ0n) is 9.09. The van der Waals surface area contributed by atoms with Crippen LogP contribution in [0.2, 0.25) is 0 Å². The molecule has 0 heterocycles. The van der Waals surface area contributed by atoms with Gasteiger partial charge in [-0.2, -0.15) is 0 Å². The van der Waals surface area contributed by atoms with Gasteiger partial charge in [0, 0.05) is 18.0 Å². The van der Waals surface area contributed by atoms with Crippen LogP contribution in [0.15, 0.2) is 18.2 Å². The third-order valence-corrected chi connectivity index (χ3v) is 2.19. The molecule has 0 aliphatic heterocycles. The topological polar surface area (TPSA) is 43.1 Å². The molecule has 1 unspecified atom stereocenters. The average molecular weight is 209 g/mol. The molecule has 0 aliphatic rings. The van der Waals surface area contributed by atoms with Crippen LogP contribution in [0.3, 0.4) is 0 Å². The molecule has 1 aromatic rings. The Balaban J connectivity index is 2.73. The SMILES string of the molecule is Cc1cc(F)cc(C(=O)CCC(C)N)c1. The molecule has 0 aromatic heterocycles. The summed E-state index contributed by atoms with van der Waals surface area (Å²) in [4.78, 5) is 11.6. The van der Waals surface area contributed by atoms with E-state index in [-0.39, 0.29) is 17.6 Å². The monoisotopic (exact) mass is 209 g/mol. The van der Waals surface area contributed by atoms with Gasteiger partial charge < -0.3 is 5.73 Å². The van der Waals surface area contributed by atoms with Crippen molar-refractivity contribution in [3.63, 3.8) is 0 Å². The summed E-state index contributed by atoms with van der Waals surface area (Å²) < 4.78 is 13.0. The van der Waals surface area contributed by atoms with Crippen LogP contribution in [0.4, 0.5) is 4.39 Å². The van der Waals surface area contributed by atoms with Crippen LogP contribution in [0.1, 0.15) is 35.7 Å². The zero-order chi connectivity index (χ0) is 11.4. The van der Waals surface area contributed by atoms with E-state index < -0.39 is 0 Å². The van der Waals surface area contributed by atoms with Crippen molar-refractivity contribution in [3.05, 3.63) is 35.1 Å². The molecule has 2 N–H and O–H groups in total. The third kappa shape index (κ3) is 3.80. The Bertz CT molecular complexity index is 340. The fraction of sp³-hybridized carbons (Fsp3) is 0.417. The fourth-order valence-electron chi connectivity index (χ4n) is 1.40. The molecule has 0 saturated carbocycles. The highest BCUT2D eigenvalue weighted by Crippen LogP contribution is 2.11. The molecule has 0 bridgehead atoms. The minimum atomic E-state index is -0.362. The van der Waals surface area contributed by atoms with E-state index in [1.165, 1.54) is 12.1 Å². The first-order valence-corrected chi connectivity index (χ1v) is 5.05. The van der Waals surface area contributed by atoms with Crippen molar-refractivity contribution in [1.82, 2.24) is 0 Å². The van der Waals surface area contributed by atoms with E-state index >= 15 is 0 Å². The number of nitrogens with two attached hydrogens (primary N) is 1. The lowest BCUT2D eigenvalue weighted by molar-refractivity contribution is 0.0977. The van der Waals surface area contributed by atoms with Crippen LogP contribution >= 0.6 is 0 Å². The van der Waals surface area contributed by atoms with Gasteiger partial charge in [0.25, 0.3) is 0 Å². The van der Waals surface area contributed by atoms with Crippen LogP contribution in [0.25, 0.3) is 0 Å². The van der Waals surface area contributed by atoms with Crippen molar-refractivity contribution in [2.75, 3.05) is 0 Å². The van der Waals surface area contributed by atoms with Crippen molar-refractivity contribution >= 4 is 5.78 Å². The number of hydrogen-bond donors (Lipinski definition) is 1. The average Bonchev–Trinajstić information content (AvgIpc) is 2.12. The van der Waals surface area contributed by atoms with Gasteiger partial charge in [0.2, 0.25) is 0 Å². The molecule has 0 fully saturated rings. The maximum atomic E-state index is 13.0. The largest absolute Gasteiger partial charge is 0.328 e. The molecule has 0 amide bonds. The Morgan fingerprint density at radius 1 is 1.47 bits per heavy atom. The molecule has 1 rings (SSSR count). The minimum absolute atomic E-state index is 0.00334. The number of ketones is 1. The predicted octanol–water partition coefficient (Wildman–Crippen LogP) is 2.44. The van der Waals surface area contributed by atoms with Gasteiger partial charge in [0.1, 0.15) is 5.82 Å². The molecular weight excluding hydrogens is 193 g/mol. The highest BCUT2D eigenvalue weighted by molar-refractivity contribution is 5.96. The van der Waals surface area contributed by atoms with E-state index in [0.29, 0.717) is 18.4 Å². The summed E-state index contributed by atoms with van der Waals surface area (Å²) in [5.74, 6) is -0.408. The van der Waals surface area contributed by atoms with Crippen molar-refractivity contribution in [3.8, 4) is 0 Å². The number of hydrogen-bond acceptors (Lipinski definition) is 2. The first-order chi connectivity index (χ1) is 6.99. The smallest absolute Gasteiger partial charge is 0.163 e. The second-order valence-corrected chi connectivity index (χ2v) is 3.96. The van der Waals surface area contributed by atoms with Crippen LogP contribution in [0, 0.1) is 12.7 Å². The van der Waals surface area contributed by atoms with Crippen LogP contribution in [-0.2, 0) is 0 Å². The number of carbonyl (C=O) groups is 1. The maximum absolute atomic E-state index is 13.0. The number of benzene rings is 1. The lowest BCUT2D eigenvalue weighted by Crippen LogP contribution is -2.16. The van der Waals surface area contributed by atoms with Crippen LogP contribution < -0.4 is 5.73 Å². The number of carbonyl (C=O) groups excluding carboxylic acids is 1. The lowest BCUT2D eigenvalue weighted by Gasteiger charge is -2.05. The first-order valence-electron chi connectivity index (χ1n) is 5.05. The van der Waals surface area contributed by atoms with E-state index in [0.717, 1.165) is 5.56 Å². The van der Waals surface area contributed by atoms with E-state index in [2.05, 4.69) is 0 Å². The second-order valence-electron chi connectivity index (χ2n) is 3.96. The van der Waals surface area contributed by atoms with E-state index in [4.69, 9.17) is 5.73 Å². The number of rotatable bonds is 4. The molecule has 1 atom stereocenters. The van der Waals surface area contributed by atoms with Crippen molar-refractivity contribution in [1.29, 1.82) is 0 Å². The van der Waals surface area contributed by atoms with Gasteiger partial charge in [-0.1, -0.05) is 0 Å². The molecule has 3 heteroatoms. The summed E-state index contributed by atoms with van der Waals surface area (Å²) in [5.41, 5.74) is 6.75. The van der Waals surface area contributed by atoms with Crippen LogP contribution in [-0.4, -0.2) is 11.8 Å². The molecule has 1 aromatic carbocycles. The highest BCUT2D eigenvalue weighted by atomic mass is 19.1. The Morgan fingerprint density at radius 2 is 2.13 bits per heavy atom. The third-order valence-electron chi connectivity index (χ3n) is 2.19. The fourth-order valence-corrected chi connectivity index (χ4v) is 1.40. The Hall–Kier alpha value is -1.22. The van der Waals surface area contributed by atoms with Gasteiger partial charge in [0.15, 0.2) is 5.78 Å². The Kier molecular flexibility index (Phi) is 3.97. The molecular formula is C12H16FNO. The highest BCUT2D eigenvalue weighted by Gasteiger charge is 2.08. The lowest BCUT2D eigenvalue weighted by atomic mass is 10.0. The quantitative estimate of drug-likeness (QED) is 0.774. The molecule has 0 saturated heterocycles. The van der Waals surface area contributed by atoms with E-state index in [1.54, 1.807) is 13.0 Å². The van der Waals surface area contributed by atoms with Gasteiger partial charge in [-0.3, -0.25) is 4.79 Å². The molecule has 2 nitrogen and oxygen atoms in total. The molecule has 82 valence electrons. The van der Waals surface area contributed by atoms with Gasteiger partial charge in [-0.15, -0.1) is 0 Å². The molecule has 0 radical (unpaired) electrons. The second kappa shape index (κ2) is 5.03. The molecule has 15 heavy (non-hydrogen) atoms. The van der Waals surface area contributed by atoms with Crippen molar-refractivity contribution < 1.29 is 9.18 Å². The zero-order valence-corrected chi connectivity index (χ0v) is 9.09. The standard InChI is InChI=1S/C12H16FNO/c1-8-5-10(7-11(13)6-8)12(15)4-3-9(2)14/h5-7,9H,3-4,14H2,1-2H3. The van der Waals surface area contributed by atoms with Gasteiger partial charge in [-0.25, -0.2) is 4.39 Å². The Morgan fingerprint density at radius 3 is 2.67 bits per heavy atom. The predicted molar refractivity (Wildman–Crippen MR) is 58.4 cm³/mol.